The normalized spacial score (nSPS) is 17.2. The van der Waals surface area contributed by atoms with E-state index in [1.807, 2.05) is 0 Å². The summed E-state index contributed by atoms with van der Waals surface area (Å²) in [6.07, 6.45) is 0.970. The number of carboxylic acid groups (broad SMARTS) is 1. The molecule has 0 saturated heterocycles. The Hall–Kier alpha value is -1.76. The van der Waals surface area contributed by atoms with Gasteiger partial charge in [0.1, 0.15) is 9.75 Å². The second-order valence-electron chi connectivity index (χ2n) is 6.83. The highest BCUT2D eigenvalue weighted by Crippen LogP contribution is 2.30. The van der Waals surface area contributed by atoms with Crippen LogP contribution in [0, 0.1) is 0 Å². The van der Waals surface area contributed by atoms with Crippen LogP contribution in [0.3, 0.4) is 0 Å². The van der Waals surface area contributed by atoms with Crippen molar-refractivity contribution in [3.05, 3.63) is 42.8 Å². The lowest BCUT2D eigenvalue weighted by molar-refractivity contribution is 0.0531. The molecule has 0 amide bonds. The Bertz CT molecular complexity index is 1190. The third-order valence-electron chi connectivity index (χ3n) is 4.51. The van der Waals surface area contributed by atoms with E-state index in [0.717, 1.165) is 15.3 Å². The van der Waals surface area contributed by atoms with E-state index in [0.29, 0.717) is 29.9 Å². The molecular formula is C20H28O8S4. The summed E-state index contributed by atoms with van der Waals surface area (Å²) in [6.45, 7) is 2.08. The van der Waals surface area contributed by atoms with Gasteiger partial charge in [0.15, 0.2) is 19.7 Å². The van der Waals surface area contributed by atoms with Gasteiger partial charge < -0.3 is 9.84 Å². The largest absolute Gasteiger partial charge is 0.477 e. The van der Waals surface area contributed by atoms with E-state index in [4.69, 9.17) is 9.84 Å². The predicted octanol–water partition coefficient (Wildman–Crippen LogP) is 3.59. The lowest BCUT2D eigenvalue weighted by Gasteiger charge is -2.10. The van der Waals surface area contributed by atoms with Gasteiger partial charge >= 0.3 is 11.9 Å². The first-order valence-corrected chi connectivity index (χ1v) is 14.3. The first-order chi connectivity index (χ1) is 14.0. The Balaban J connectivity index is 0.000000303. The zero-order chi connectivity index (χ0) is 22.1. The molecule has 0 aromatic carbocycles. The number of carbonyl (C=O) groups excluding carboxylic acids is 1. The molecular weight excluding hydrogens is 496 g/mol. The molecule has 12 heteroatoms. The van der Waals surface area contributed by atoms with Crippen molar-refractivity contribution in [3.8, 4) is 0 Å². The Morgan fingerprint density at radius 1 is 0.906 bits per heavy atom. The summed E-state index contributed by atoms with van der Waals surface area (Å²) in [5, 5.41) is 8.73. The first kappa shape index (κ1) is 28.3. The fourth-order valence-electron chi connectivity index (χ4n) is 3.12. The van der Waals surface area contributed by atoms with Crippen LogP contribution in [-0.4, -0.2) is 52.0 Å². The Morgan fingerprint density at radius 2 is 1.34 bits per heavy atom. The molecule has 8 nitrogen and oxygen atoms in total. The number of hydrogen-bond donors (Lipinski definition) is 1. The van der Waals surface area contributed by atoms with E-state index in [-0.39, 0.29) is 48.7 Å². The lowest BCUT2D eigenvalue weighted by atomic mass is 10.2. The molecule has 0 unspecified atom stereocenters. The third-order valence-corrected chi connectivity index (χ3v) is 10.1. The fraction of sp³-hybridized carbons (Fsp3) is 0.500. The maximum absolute atomic E-state index is 11.5. The lowest BCUT2D eigenvalue weighted by Crippen LogP contribution is -2.16. The summed E-state index contributed by atoms with van der Waals surface area (Å²) in [4.78, 5) is 24.7. The molecule has 0 atom stereocenters. The highest BCUT2D eigenvalue weighted by molar-refractivity contribution is 7.91. The molecule has 0 radical (unpaired) electrons. The fourth-order valence-corrected chi connectivity index (χ4v) is 8.44. The van der Waals surface area contributed by atoms with Gasteiger partial charge in [-0.05, 0) is 43.0 Å². The van der Waals surface area contributed by atoms with Gasteiger partial charge in [0.05, 0.1) is 29.6 Å². The van der Waals surface area contributed by atoms with Gasteiger partial charge in [0.25, 0.3) is 0 Å². The van der Waals surface area contributed by atoms with Gasteiger partial charge in [-0.2, -0.15) is 0 Å². The molecule has 180 valence electrons. The van der Waals surface area contributed by atoms with Crippen LogP contribution >= 0.6 is 22.7 Å². The van der Waals surface area contributed by atoms with E-state index in [1.54, 1.807) is 13.0 Å². The van der Waals surface area contributed by atoms with Crippen LogP contribution in [0.25, 0.3) is 0 Å². The number of thiophene rings is 2. The molecule has 0 bridgehead atoms. The van der Waals surface area contributed by atoms with Gasteiger partial charge in [0, 0.05) is 9.75 Å². The van der Waals surface area contributed by atoms with Crippen molar-refractivity contribution in [1.82, 2.24) is 0 Å². The molecule has 2 aliphatic rings. The number of carboxylic acids is 1. The average Bonchev–Trinajstić information content (AvgIpc) is 3.24. The van der Waals surface area contributed by atoms with E-state index in [1.165, 1.54) is 28.7 Å². The Labute approximate surface area is 197 Å². The summed E-state index contributed by atoms with van der Waals surface area (Å²) in [7, 11) is -5.96. The van der Waals surface area contributed by atoms with E-state index in [9.17, 15) is 26.4 Å². The molecule has 2 aromatic heterocycles. The maximum Gasteiger partial charge on any atom is 0.348 e. The molecule has 4 rings (SSSR count). The third kappa shape index (κ3) is 6.87. The number of fused-ring (bicyclic) bond motifs is 2. The number of ether oxygens (including phenoxy) is 1. The average molecular weight is 525 g/mol. The molecule has 0 fully saturated rings. The van der Waals surface area contributed by atoms with Crippen LogP contribution in [-0.2, 0) is 48.8 Å². The van der Waals surface area contributed by atoms with Crippen molar-refractivity contribution in [3.63, 3.8) is 0 Å². The number of aryl methyl sites for hydroxylation is 2. The maximum atomic E-state index is 11.5. The molecule has 0 aliphatic carbocycles. The SMILES string of the molecule is C.C.CCOC(=O)c1cc2c(s1)CCS(=O)(=O)C2.O=C(O)c1cc2c(s1)CCS(=O)(=O)C2. The van der Waals surface area contributed by atoms with Gasteiger partial charge in [-0.3, -0.25) is 0 Å². The number of sulfone groups is 2. The standard InChI is InChI=1S/C10H12O4S2.C8H8O4S2.2CH4/c1-2-14-10(11)9-5-7-6-16(12,13)4-3-8(7)15-9;9-8(10)7-3-5-4-14(11,12)2-1-6(5)13-7;;/h5H,2-4,6H2,1H3;3H,1-2,4H2,(H,9,10);2*1H4. The molecule has 1 N–H and O–H groups in total. The summed E-state index contributed by atoms with van der Waals surface area (Å²) in [5.74, 6) is -0.978. The van der Waals surface area contributed by atoms with Crippen molar-refractivity contribution < 1.29 is 36.3 Å². The number of rotatable bonds is 3. The summed E-state index contributed by atoms with van der Waals surface area (Å²) in [5.41, 5.74) is 1.43. The molecule has 4 heterocycles. The molecule has 0 saturated carbocycles. The topological polar surface area (TPSA) is 132 Å². The molecule has 0 spiro atoms. The summed E-state index contributed by atoms with van der Waals surface area (Å²) in [6, 6.07) is 3.12. The number of esters is 1. The molecule has 32 heavy (non-hydrogen) atoms. The minimum atomic E-state index is -2.99. The molecule has 2 aromatic rings. The van der Waals surface area contributed by atoms with Crippen molar-refractivity contribution in [2.75, 3.05) is 18.1 Å². The van der Waals surface area contributed by atoms with E-state index in [2.05, 4.69) is 0 Å². The van der Waals surface area contributed by atoms with Crippen LogP contribution < -0.4 is 0 Å². The van der Waals surface area contributed by atoms with Crippen LogP contribution in [0.2, 0.25) is 0 Å². The zero-order valence-electron chi connectivity index (χ0n) is 16.0. The van der Waals surface area contributed by atoms with Crippen LogP contribution in [0.15, 0.2) is 12.1 Å². The smallest absolute Gasteiger partial charge is 0.348 e. The van der Waals surface area contributed by atoms with Gasteiger partial charge in [-0.25, -0.2) is 26.4 Å². The van der Waals surface area contributed by atoms with Crippen molar-refractivity contribution in [2.24, 2.45) is 0 Å². The summed E-state index contributed by atoms with van der Waals surface area (Å²) < 4.78 is 50.2. The zero-order valence-corrected chi connectivity index (χ0v) is 19.3. The second kappa shape index (κ2) is 10.9. The monoisotopic (exact) mass is 524 g/mol. The molecule has 2 aliphatic heterocycles. The Morgan fingerprint density at radius 3 is 1.78 bits per heavy atom. The second-order valence-corrected chi connectivity index (χ2v) is 13.5. The minimum Gasteiger partial charge on any atom is -0.477 e. The number of carbonyl (C=O) groups is 2. The van der Waals surface area contributed by atoms with Crippen molar-refractivity contribution >= 4 is 54.3 Å². The van der Waals surface area contributed by atoms with Crippen LogP contribution in [0.1, 0.15) is 62.0 Å². The first-order valence-electron chi connectivity index (χ1n) is 9.04. The van der Waals surface area contributed by atoms with Crippen LogP contribution in [0.4, 0.5) is 0 Å². The van der Waals surface area contributed by atoms with Crippen molar-refractivity contribution in [2.45, 2.75) is 46.1 Å². The number of aromatic carboxylic acids is 1. The van der Waals surface area contributed by atoms with Crippen molar-refractivity contribution in [1.29, 1.82) is 0 Å². The predicted molar refractivity (Wildman–Crippen MR) is 127 cm³/mol. The number of hydrogen-bond acceptors (Lipinski definition) is 9. The quantitative estimate of drug-likeness (QED) is 0.603. The van der Waals surface area contributed by atoms with Gasteiger partial charge in [0.2, 0.25) is 0 Å². The Kier molecular flexibility index (Phi) is 9.64. The highest BCUT2D eigenvalue weighted by Gasteiger charge is 2.26. The van der Waals surface area contributed by atoms with E-state index < -0.39 is 25.6 Å². The summed E-state index contributed by atoms with van der Waals surface area (Å²) >= 11 is 2.53. The minimum absolute atomic E-state index is 0. The van der Waals surface area contributed by atoms with Gasteiger partial charge in [-0.15, -0.1) is 22.7 Å². The van der Waals surface area contributed by atoms with Crippen LogP contribution in [0.5, 0.6) is 0 Å². The highest BCUT2D eigenvalue weighted by atomic mass is 32.2. The van der Waals surface area contributed by atoms with Gasteiger partial charge in [-0.1, -0.05) is 14.9 Å². The van der Waals surface area contributed by atoms with E-state index >= 15 is 0 Å².